The molecule has 0 aliphatic heterocycles. The van der Waals surface area contributed by atoms with Crippen LogP contribution in [0.25, 0.3) is 0 Å². The van der Waals surface area contributed by atoms with Crippen molar-refractivity contribution in [3.05, 3.63) is 93.3 Å². The molecule has 38 heavy (non-hydrogen) atoms. The Morgan fingerprint density at radius 1 is 0.763 bits per heavy atom. The first-order valence-electron chi connectivity index (χ1n) is 10.6. The smallest absolute Gasteiger partial charge is 0.322 e. The van der Waals surface area contributed by atoms with E-state index in [0.29, 0.717) is 12.1 Å². The van der Waals surface area contributed by atoms with Gasteiger partial charge in [-0.15, -0.1) is 0 Å². The molecule has 2 amide bonds. The summed E-state index contributed by atoms with van der Waals surface area (Å²) < 4.78 is 107. The molecule has 0 saturated carbocycles. The van der Waals surface area contributed by atoms with Gasteiger partial charge in [-0.1, -0.05) is 29.8 Å². The van der Waals surface area contributed by atoms with Gasteiger partial charge in [-0.3, -0.25) is 9.59 Å². The Bertz CT molecular complexity index is 1370. The third kappa shape index (κ3) is 5.59. The highest BCUT2D eigenvalue weighted by atomic mass is 35.5. The van der Waals surface area contributed by atoms with Gasteiger partial charge in [-0.2, -0.15) is 26.3 Å². The van der Waals surface area contributed by atoms with E-state index in [1.807, 2.05) is 0 Å². The van der Waals surface area contributed by atoms with Crippen molar-refractivity contribution in [1.29, 1.82) is 0 Å². The van der Waals surface area contributed by atoms with Gasteiger partial charge >= 0.3 is 18.0 Å². The number of carbonyl (C=O) groups excluding carboxylic acids is 2. The molecule has 0 aliphatic rings. The predicted octanol–water partition coefficient (Wildman–Crippen LogP) is 7.89. The first-order chi connectivity index (χ1) is 17.5. The average molecular weight is 565 g/mol. The highest BCUT2D eigenvalue weighted by Gasteiger charge is 2.73. The maximum absolute atomic E-state index is 14.5. The third-order valence-corrected chi connectivity index (χ3v) is 5.82. The van der Waals surface area contributed by atoms with Crippen molar-refractivity contribution in [2.45, 2.75) is 31.9 Å². The van der Waals surface area contributed by atoms with E-state index in [1.54, 1.807) is 0 Å². The van der Waals surface area contributed by atoms with Crippen LogP contribution >= 0.6 is 11.6 Å². The summed E-state index contributed by atoms with van der Waals surface area (Å²) in [6.45, 7) is 2.23. The van der Waals surface area contributed by atoms with Crippen LogP contribution in [0.1, 0.15) is 37.4 Å². The first kappa shape index (κ1) is 28.9. The second-order valence-corrected chi connectivity index (χ2v) is 8.66. The van der Waals surface area contributed by atoms with Crippen LogP contribution in [0.3, 0.4) is 0 Å². The monoisotopic (exact) mass is 564 g/mol. The summed E-state index contributed by atoms with van der Waals surface area (Å²) in [4.78, 5) is 25.3. The maximum atomic E-state index is 14.5. The van der Waals surface area contributed by atoms with Crippen molar-refractivity contribution >= 4 is 34.8 Å². The second kappa shape index (κ2) is 10.2. The molecule has 0 bridgehead atoms. The van der Waals surface area contributed by atoms with E-state index in [9.17, 15) is 44.7 Å². The standard InChI is InChI=1S/C25H17ClF8N2O2/c1-12-8-15(23(28,24(29,30)31)25(32,33)34)9-13(2)20(12)36-21(37)14-4-3-5-17(10-14)35-22(38)18-7-6-16(27)11-19(18)26/h3-11H,1-2H3,(H,35,38)(H,36,37). The molecule has 0 atom stereocenters. The lowest BCUT2D eigenvalue weighted by molar-refractivity contribution is -0.348. The van der Waals surface area contributed by atoms with Crippen molar-refractivity contribution in [2.24, 2.45) is 0 Å². The summed E-state index contributed by atoms with van der Waals surface area (Å²) >= 11 is 5.87. The van der Waals surface area contributed by atoms with Gasteiger partial charge in [0, 0.05) is 22.5 Å². The SMILES string of the molecule is Cc1cc(C(F)(C(F)(F)F)C(F)(F)F)cc(C)c1NC(=O)c1cccc(NC(=O)c2ccc(F)cc2Cl)c1. The maximum Gasteiger partial charge on any atom is 0.435 e. The van der Waals surface area contributed by atoms with Crippen molar-refractivity contribution in [3.8, 4) is 0 Å². The van der Waals surface area contributed by atoms with Gasteiger partial charge < -0.3 is 10.6 Å². The van der Waals surface area contributed by atoms with Gasteiger partial charge in [-0.25, -0.2) is 8.78 Å². The number of alkyl halides is 7. The summed E-state index contributed by atoms with van der Waals surface area (Å²) in [6, 6.07) is 9.24. The molecule has 0 aromatic heterocycles. The molecule has 3 rings (SSSR count). The van der Waals surface area contributed by atoms with Gasteiger partial charge in [0.2, 0.25) is 0 Å². The van der Waals surface area contributed by atoms with E-state index >= 15 is 0 Å². The fraction of sp³-hybridized carbons (Fsp3) is 0.200. The molecule has 202 valence electrons. The zero-order valence-electron chi connectivity index (χ0n) is 19.4. The molecule has 0 fully saturated rings. The van der Waals surface area contributed by atoms with Crippen LogP contribution in [0, 0.1) is 19.7 Å². The van der Waals surface area contributed by atoms with Gasteiger partial charge in [0.05, 0.1) is 10.6 Å². The Balaban J connectivity index is 1.87. The molecule has 0 radical (unpaired) electrons. The van der Waals surface area contributed by atoms with E-state index in [2.05, 4.69) is 10.6 Å². The number of halogens is 9. The Morgan fingerprint density at radius 2 is 1.34 bits per heavy atom. The summed E-state index contributed by atoms with van der Waals surface area (Å²) in [5.74, 6) is -2.19. The molecule has 2 N–H and O–H groups in total. The zero-order valence-corrected chi connectivity index (χ0v) is 20.2. The van der Waals surface area contributed by atoms with Crippen molar-refractivity contribution in [3.63, 3.8) is 0 Å². The van der Waals surface area contributed by atoms with E-state index in [-0.39, 0.29) is 38.7 Å². The normalized spacial score (nSPS) is 12.3. The van der Waals surface area contributed by atoms with Gasteiger partial charge in [0.1, 0.15) is 5.82 Å². The number of aryl methyl sites for hydroxylation is 2. The largest absolute Gasteiger partial charge is 0.435 e. The molecular weight excluding hydrogens is 548 g/mol. The summed E-state index contributed by atoms with van der Waals surface area (Å²) in [7, 11) is 0. The van der Waals surface area contributed by atoms with Gasteiger partial charge in [0.25, 0.3) is 11.8 Å². The molecule has 13 heteroatoms. The lowest BCUT2D eigenvalue weighted by Crippen LogP contribution is -2.50. The lowest BCUT2D eigenvalue weighted by atomic mass is 9.90. The number of carbonyl (C=O) groups is 2. The first-order valence-corrected chi connectivity index (χ1v) is 11.0. The van der Waals surface area contributed by atoms with Crippen molar-refractivity contribution in [2.75, 3.05) is 10.6 Å². The number of hydrogen-bond donors (Lipinski definition) is 2. The summed E-state index contributed by atoms with van der Waals surface area (Å²) in [5, 5.41) is 4.70. The molecule has 4 nitrogen and oxygen atoms in total. The van der Waals surface area contributed by atoms with E-state index < -0.39 is 41.2 Å². The second-order valence-electron chi connectivity index (χ2n) is 8.25. The van der Waals surface area contributed by atoms with Crippen molar-refractivity contribution < 1.29 is 44.7 Å². The quantitative estimate of drug-likeness (QED) is 0.310. The average Bonchev–Trinajstić information content (AvgIpc) is 2.79. The van der Waals surface area contributed by atoms with E-state index in [1.165, 1.54) is 24.3 Å². The topological polar surface area (TPSA) is 58.2 Å². The molecule has 3 aromatic rings. The minimum absolute atomic E-state index is 0.0405. The molecule has 0 unspecified atom stereocenters. The Morgan fingerprint density at radius 3 is 1.87 bits per heavy atom. The van der Waals surface area contributed by atoms with E-state index in [4.69, 9.17) is 11.6 Å². The number of nitrogens with one attached hydrogen (secondary N) is 2. The van der Waals surface area contributed by atoms with Crippen LogP contribution in [0.2, 0.25) is 5.02 Å². The molecule has 3 aromatic carbocycles. The molecule has 0 heterocycles. The molecule has 0 spiro atoms. The number of benzene rings is 3. The van der Waals surface area contributed by atoms with Crippen LogP contribution in [0.5, 0.6) is 0 Å². The fourth-order valence-electron chi connectivity index (χ4n) is 3.64. The van der Waals surface area contributed by atoms with Crippen LogP contribution < -0.4 is 10.6 Å². The van der Waals surface area contributed by atoms with Crippen LogP contribution in [0.15, 0.2) is 54.6 Å². The predicted molar refractivity (Wildman–Crippen MR) is 125 cm³/mol. The fourth-order valence-corrected chi connectivity index (χ4v) is 3.90. The van der Waals surface area contributed by atoms with E-state index in [0.717, 1.165) is 32.0 Å². The highest BCUT2D eigenvalue weighted by molar-refractivity contribution is 6.34. The zero-order chi connectivity index (χ0) is 28.6. The number of amides is 2. The van der Waals surface area contributed by atoms with Gasteiger partial charge in [0.15, 0.2) is 0 Å². The Labute approximate surface area is 215 Å². The highest BCUT2D eigenvalue weighted by Crippen LogP contribution is 2.53. The van der Waals surface area contributed by atoms with Crippen LogP contribution in [0.4, 0.5) is 46.5 Å². The summed E-state index contributed by atoms with van der Waals surface area (Å²) in [6.07, 6.45) is -12.6. The lowest BCUT2D eigenvalue weighted by Gasteiger charge is -2.31. The molecule has 0 saturated heterocycles. The summed E-state index contributed by atoms with van der Waals surface area (Å²) in [5.41, 5.74) is -7.87. The molecular formula is C25H17ClF8N2O2. The number of anilines is 2. The minimum Gasteiger partial charge on any atom is -0.322 e. The van der Waals surface area contributed by atoms with Gasteiger partial charge in [-0.05, 0) is 61.4 Å². The minimum atomic E-state index is -6.28. The van der Waals surface area contributed by atoms with Crippen LogP contribution in [-0.4, -0.2) is 24.2 Å². The molecule has 0 aliphatic carbocycles. The van der Waals surface area contributed by atoms with Crippen molar-refractivity contribution in [1.82, 2.24) is 0 Å². The Kier molecular flexibility index (Phi) is 7.79. The Hall–Kier alpha value is -3.67. The number of hydrogen-bond acceptors (Lipinski definition) is 2. The van der Waals surface area contributed by atoms with Crippen LogP contribution in [-0.2, 0) is 5.67 Å². The third-order valence-electron chi connectivity index (χ3n) is 5.51. The number of rotatable bonds is 5.